The Labute approximate surface area is 245 Å². The number of pyridine rings is 1. The number of fused-ring (bicyclic) bond motifs is 1. The summed E-state index contributed by atoms with van der Waals surface area (Å²) in [6.07, 6.45) is 4.38. The maximum atomic E-state index is 13.5. The molecule has 0 unspecified atom stereocenters. The van der Waals surface area contributed by atoms with Gasteiger partial charge >= 0.3 is 0 Å². The van der Waals surface area contributed by atoms with Gasteiger partial charge in [0.2, 0.25) is 5.95 Å². The zero-order chi connectivity index (χ0) is 29.3. The lowest BCUT2D eigenvalue weighted by molar-refractivity contribution is 0.102. The highest BCUT2D eigenvalue weighted by molar-refractivity contribution is 7.90. The number of para-hydroxylation sites is 1. The maximum Gasteiger partial charge on any atom is 0.274 e. The van der Waals surface area contributed by atoms with Gasteiger partial charge in [-0.25, -0.2) is 27.3 Å². The molecule has 3 aromatic carbocycles. The molecule has 6 aromatic rings. The smallest absolute Gasteiger partial charge is 0.274 e. The molecule has 0 fully saturated rings. The van der Waals surface area contributed by atoms with Crippen LogP contribution in [-0.4, -0.2) is 33.2 Å². The van der Waals surface area contributed by atoms with E-state index in [-0.39, 0.29) is 27.5 Å². The molecule has 1 amide bonds. The molecule has 10 nitrogen and oxygen atoms in total. The average molecular weight is 596 g/mol. The fraction of sp³-hybridized carbons (Fsp3) is 0. The minimum absolute atomic E-state index is 0.160. The van der Waals surface area contributed by atoms with Crippen molar-refractivity contribution in [2.24, 2.45) is 0 Å². The molecule has 0 saturated heterocycles. The molecular formula is C30H22ClN7O3S. The molecule has 0 saturated carbocycles. The molecule has 0 atom stereocenters. The number of benzene rings is 3. The summed E-state index contributed by atoms with van der Waals surface area (Å²) < 4.78 is 28.3. The summed E-state index contributed by atoms with van der Waals surface area (Å²) in [7, 11) is -3.89. The summed E-state index contributed by atoms with van der Waals surface area (Å²) in [6.45, 7) is 0. The molecule has 0 aliphatic heterocycles. The van der Waals surface area contributed by atoms with Gasteiger partial charge in [-0.2, -0.15) is 0 Å². The molecule has 42 heavy (non-hydrogen) atoms. The van der Waals surface area contributed by atoms with Crippen molar-refractivity contribution in [2.45, 2.75) is 4.90 Å². The average Bonchev–Trinajstić information content (AvgIpc) is 3.39. The zero-order valence-corrected chi connectivity index (χ0v) is 23.3. The third-order valence-corrected chi connectivity index (χ3v) is 8.34. The number of nitrogen functional groups attached to an aromatic ring is 1. The van der Waals surface area contributed by atoms with Crippen molar-refractivity contribution in [1.82, 2.24) is 18.9 Å². The SMILES string of the molecule is Nc1ccc(C(=O)Nc2cccc(Nc3ncc(Cl)c(-c4cn(S(=O)(=O)c5ccccc5)c5ccccc45)n3)c2)nc1. The van der Waals surface area contributed by atoms with Crippen LogP contribution in [0.2, 0.25) is 5.02 Å². The van der Waals surface area contributed by atoms with Crippen LogP contribution in [0.3, 0.4) is 0 Å². The van der Waals surface area contributed by atoms with Crippen molar-refractivity contribution in [3.8, 4) is 11.3 Å². The minimum Gasteiger partial charge on any atom is -0.397 e. The van der Waals surface area contributed by atoms with Crippen LogP contribution in [0.25, 0.3) is 22.2 Å². The molecule has 0 bridgehead atoms. The molecule has 3 aromatic heterocycles. The number of nitrogens with zero attached hydrogens (tertiary/aromatic N) is 4. The second-order valence-corrected chi connectivity index (χ2v) is 11.4. The molecule has 4 N–H and O–H groups in total. The first-order valence-corrected chi connectivity index (χ1v) is 14.4. The second-order valence-electron chi connectivity index (χ2n) is 9.20. The highest BCUT2D eigenvalue weighted by Crippen LogP contribution is 2.36. The van der Waals surface area contributed by atoms with Gasteiger partial charge in [0.05, 0.1) is 39.2 Å². The first-order valence-electron chi connectivity index (χ1n) is 12.6. The van der Waals surface area contributed by atoms with Gasteiger partial charge in [0.1, 0.15) is 5.69 Å². The number of nitrogens with one attached hydrogen (secondary N) is 2. The Morgan fingerprint density at radius 3 is 2.40 bits per heavy atom. The van der Waals surface area contributed by atoms with Gasteiger partial charge in [0.25, 0.3) is 15.9 Å². The number of nitrogens with two attached hydrogens (primary N) is 1. The van der Waals surface area contributed by atoms with Crippen LogP contribution in [0, 0.1) is 0 Å². The molecule has 12 heteroatoms. The zero-order valence-electron chi connectivity index (χ0n) is 21.8. The van der Waals surface area contributed by atoms with Crippen LogP contribution in [0.4, 0.5) is 23.0 Å². The summed E-state index contributed by atoms with van der Waals surface area (Å²) in [4.78, 5) is 25.7. The number of hydrogen-bond acceptors (Lipinski definition) is 8. The van der Waals surface area contributed by atoms with Crippen LogP contribution in [0.5, 0.6) is 0 Å². The van der Waals surface area contributed by atoms with Crippen molar-refractivity contribution in [1.29, 1.82) is 0 Å². The highest BCUT2D eigenvalue weighted by Gasteiger charge is 2.23. The van der Waals surface area contributed by atoms with E-state index in [0.29, 0.717) is 39.2 Å². The van der Waals surface area contributed by atoms with Crippen LogP contribution in [-0.2, 0) is 10.0 Å². The first-order chi connectivity index (χ1) is 20.3. The van der Waals surface area contributed by atoms with Gasteiger partial charge in [-0.1, -0.05) is 54.1 Å². The fourth-order valence-electron chi connectivity index (χ4n) is 4.40. The van der Waals surface area contributed by atoms with Crippen LogP contribution >= 0.6 is 11.6 Å². The topological polar surface area (TPSA) is 145 Å². The summed E-state index contributed by atoms with van der Waals surface area (Å²) in [5.74, 6) is -0.167. The van der Waals surface area contributed by atoms with E-state index in [1.807, 2.05) is 12.1 Å². The lowest BCUT2D eigenvalue weighted by Crippen LogP contribution is -2.13. The summed E-state index contributed by atoms with van der Waals surface area (Å²) in [5, 5.41) is 6.83. The normalized spacial score (nSPS) is 11.4. The fourth-order valence-corrected chi connectivity index (χ4v) is 5.98. The lowest BCUT2D eigenvalue weighted by atomic mass is 10.1. The predicted molar refractivity (Wildman–Crippen MR) is 163 cm³/mol. The largest absolute Gasteiger partial charge is 0.397 e. The Bertz CT molecular complexity index is 2050. The van der Waals surface area contributed by atoms with Gasteiger partial charge in [0, 0.05) is 28.5 Å². The molecule has 0 aliphatic carbocycles. The molecule has 3 heterocycles. The van der Waals surface area contributed by atoms with Gasteiger partial charge in [0.15, 0.2) is 0 Å². The molecular weight excluding hydrogens is 574 g/mol. The van der Waals surface area contributed by atoms with Gasteiger partial charge in [-0.05, 0) is 48.5 Å². The Morgan fingerprint density at radius 1 is 0.857 bits per heavy atom. The van der Waals surface area contributed by atoms with Crippen molar-refractivity contribution in [3.05, 3.63) is 120 Å². The Balaban J connectivity index is 1.32. The number of carbonyl (C=O) groups excluding carboxylic acids is 1. The number of anilines is 4. The van der Waals surface area contributed by atoms with E-state index in [9.17, 15) is 13.2 Å². The molecule has 0 aliphatic rings. The van der Waals surface area contributed by atoms with E-state index >= 15 is 0 Å². The second kappa shape index (κ2) is 11.0. The van der Waals surface area contributed by atoms with Crippen molar-refractivity contribution >= 4 is 61.4 Å². The van der Waals surface area contributed by atoms with Crippen molar-refractivity contribution in [3.63, 3.8) is 0 Å². The number of amides is 1. The van der Waals surface area contributed by atoms with E-state index < -0.39 is 10.0 Å². The van der Waals surface area contributed by atoms with Crippen LogP contribution in [0.15, 0.2) is 114 Å². The van der Waals surface area contributed by atoms with E-state index in [4.69, 9.17) is 17.3 Å². The number of hydrogen-bond donors (Lipinski definition) is 3. The van der Waals surface area contributed by atoms with Gasteiger partial charge in [-0.3, -0.25) is 4.79 Å². The monoisotopic (exact) mass is 595 g/mol. The molecule has 0 radical (unpaired) electrons. The van der Waals surface area contributed by atoms with E-state index in [1.54, 1.807) is 72.8 Å². The van der Waals surface area contributed by atoms with E-state index in [2.05, 4.69) is 25.6 Å². The molecule has 0 spiro atoms. The standard InChI is InChI=1S/C30H22ClN7O3S/c31-25-17-34-30(36-21-8-6-7-20(15-21)35-29(39)26-14-13-19(32)16-33-26)37-28(25)24-18-38(27-12-5-4-11-23(24)27)42(40,41)22-9-2-1-3-10-22/h1-18H,32H2,(H,35,39)(H,34,36,37). The molecule has 6 rings (SSSR count). The van der Waals surface area contributed by atoms with Crippen molar-refractivity contribution < 1.29 is 13.2 Å². The lowest BCUT2D eigenvalue weighted by Gasteiger charge is -2.10. The van der Waals surface area contributed by atoms with Crippen LogP contribution < -0.4 is 16.4 Å². The van der Waals surface area contributed by atoms with Crippen molar-refractivity contribution in [2.75, 3.05) is 16.4 Å². The maximum absolute atomic E-state index is 13.5. The third kappa shape index (κ3) is 5.26. The first kappa shape index (κ1) is 26.9. The van der Waals surface area contributed by atoms with Gasteiger partial charge in [-0.15, -0.1) is 0 Å². The van der Waals surface area contributed by atoms with Gasteiger partial charge < -0.3 is 16.4 Å². The molecule has 208 valence electrons. The number of halogens is 1. The Kier molecular flexibility index (Phi) is 7.03. The Hall–Kier alpha value is -5.26. The number of aromatic nitrogens is 4. The summed E-state index contributed by atoms with van der Waals surface area (Å²) >= 11 is 6.55. The number of carbonyl (C=O) groups is 1. The van der Waals surface area contributed by atoms with E-state index in [0.717, 1.165) is 0 Å². The minimum atomic E-state index is -3.89. The predicted octanol–water partition coefficient (Wildman–Crippen LogP) is 5.96. The summed E-state index contributed by atoms with van der Waals surface area (Å²) in [5.41, 5.74) is 8.82. The van der Waals surface area contributed by atoms with E-state index in [1.165, 1.54) is 28.6 Å². The highest BCUT2D eigenvalue weighted by atomic mass is 35.5. The van der Waals surface area contributed by atoms with Crippen LogP contribution in [0.1, 0.15) is 10.5 Å². The summed E-state index contributed by atoms with van der Waals surface area (Å²) in [6, 6.07) is 25.5. The number of rotatable bonds is 7. The Morgan fingerprint density at radius 2 is 1.62 bits per heavy atom. The quantitative estimate of drug-likeness (QED) is 0.205. The third-order valence-electron chi connectivity index (χ3n) is 6.37.